The summed E-state index contributed by atoms with van der Waals surface area (Å²) in [7, 11) is 0. The molecule has 0 aliphatic carbocycles. The fraction of sp³-hybridized carbons (Fsp3) is 0.0714. The Hall–Kier alpha value is -3.26. The van der Waals surface area contributed by atoms with E-state index in [1.54, 1.807) is 0 Å². The molecule has 0 saturated heterocycles. The van der Waals surface area contributed by atoms with Crippen LogP contribution in [0.3, 0.4) is 0 Å². The Morgan fingerprint density at radius 2 is 1.16 bits per heavy atom. The molecule has 3 heteroatoms. The van der Waals surface area contributed by atoms with Gasteiger partial charge in [-0.2, -0.15) is 0 Å². The zero-order valence-electron chi connectivity index (χ0n) is 17.4. The van der Waals surface area contributed by atoms with Gasteiger partial charge in [-0.15, -0.1) is 0 Å². The Morgan fingerprint density at radius 1 is 0.581 bits per heavy atom. The van der Waals surface area contributed by atoms with E-state index in [-0.39, 0.29) is 14.5 Å². The standard InChI is InChI=1S/C28H20N2Se/c1-17-8-7-9-18(2)26(17)28-27(25-16-21-12-5-6-13-24(21)31-25)29-22-14-19-10-3-4-11-20(19)15-23(22)30-28/h3-16H,1-2H3. The maximum atomic E-state index is 5.23. The van der Waals surface area contributed by atoms with Crippen LogP contribution in [0.4, 0.5) is 0 Å². The Bertz CT molecular complexity index is 1560. The molecule has 0 bridgehead atoms. The van der Waals surface area contributed by atoms with E-state index in [2.05, 4.69) is 98.8 Å². The van der Waals surface area contributed by atoms with Crippen molar-refractivity contribution < 1.29 is 0 Å². The third kappa shape index (κ3) is 3.09. The van der Waals surface area contributed by atoms with Crippen molar-refractivity contribution in [3.63, 3.8) is 0 Å². The molecular weight excluding hydrogens is 443 g/mol. The second-order valence-electron chi connectivity index (χ2n) is 8.02. The molecule has 0 N–H and O–H groups in total. The Balaban J connectivity index is 1.72. The van der Waals surface area contributed by atoms with Gasteiger partial charge in [0.1, 0.15) is 0 Å². The van der Waals surface area contributed by atoms with Gasteiger partial charge >= 0.3 is 187 Å². The average Bonchev–Trinajstić information content (AvgIpc) is 3.21. The van der Waals surface area contributed by atoms with E-state index in [4.69, 9.17) is 9.97 Å². The summed E-state index contributed by atoms with van der Waals surface area (Å²) in [6, 6.07) is 30.2. The Morgan fingerprint density at radius 3 is 1.81 bits per heavy atom. The van der Waals surface area contributed by atoms with Crippen molar-refractivity contribution >= 4 is 46.0 Å². The van der Waals surface area contributed by atoms with Gasteiger partial charge in [0.05, 0.1) is 0 Å². The molecule has 0 saturated carbocycles. The topological polar surface area (TPSA) is 25.8 Å². The van der Waals surface area contributed by atoms with Crippen LogP contribution in [0.2, 0.25) is 0 Å². The number of rotatable bonds is 2. The summed E-state index contributed by atoms with van der Waals surface area (Å²) in [4.78, 5) is 10.5. The molecule has 0 unspecified atom stereocenters. The van der Waals surface area contributed by atoms with Crippen LogP contribution in [0.15, 0.2) is 84.9 Å². The molecular formula is C28H20N2Se. The normalized spacial score (nSPS) is 11.5. The van der Waals surface area contributed by atoms with Gasteiger partial charge in [-0.05, 0) is 0 Å². The summed E-state index contributed by atoms with van der Waals surface area (Å²) in [6.07, 6.45) is 0. The van der Waals surface area contributed by atoms with Gasteiger partial charge in [0.2, 0.25) is 0 Å². The van der Waals surface area contributed by atoms with Crippen LogP contribution < -0.4 is 0 Å². The fourth-order valence-corrected chi connectivity index (χ4v) is 6.58. The summed E-state index contributed by atoms with van der Waals surface area (Å²) in [6.45, 7) is 4.34. The summed E-state index contributed by atoms with van der Waals surface area (Å²) in [5, 5.41) is 3.70. The number of benzene rings is 4. The third-order valence-corrected chi connectivity index (χ3v) is 8.26. The first-order valence-electron chi connectivity index (χ1n) is 10.4. The van der Waals surface area contributed by atoms with Gasteiger partial charge in [0.15, 0.2) is 0 Å². The minimum absolute atomic E-state index is 0.223. The van der Waals surface area contributed by atoms with Crippen molar-refractivity contribution in [3.8, 4) is 21.4 Å². The van der Waals surface area contributed by atoms with Crippen molar-refractivity contribution in [2.45, 2.75) is 13.8 Å². The quantitative estimate of drug-likeness (QED) is 0.205. The number of fused-ring (bicyclic) bond motifs is 3. The van der Waals surface area contributed by atoms with Crippen LogP contribution in [0, 0.1) is 13.8 Å². The molecule has 0 spiro atoms. The summed E-state index contributed by atoms with van der Waals surface area (Å²) >= 11 is 0.223. The maximum absolute atomic E-state index is 5.23. The van der Waals surface area contributed by atoms with E-state index in [9.17, 15) is 0 Å². The van der Waals surface area contributed by atoms with Crippen molar-refractivity contribution in [1.82, 2.24) is 9.97 Å². The van der Waals surface area contributed by atoms with Crippen molar-refractivity contribution in [3.05, 3.63) is 96.1 Å². The molecule has 0 amide bonds. The molecule has 4 aromatic carbocycles. The van der Waals surface area contributed by atoms with Gasteiger partial charge in [0.25, 0.3) is 0 Å². The molecule has 0 aliphatic rings. The van der Waals surface area contributed by atoms with Crippen LogP contribution in [0.1, 0.15) is 11.1 Å². The molecule has 0 radical (unpaired) electrons. The van der Waals surface area contributed by atoms with Crippen molar-refractivity contribution in [1.29, 1.82) is 0 Å². The van der Waals surface area contributed by atoms with Gasteiger partial charge in [-0.3, -0.25) is 0 Å². The van der Waals surface area contributed by atoms with E-state index in [0.717, 1.165) is 22.4 Å². The number of aromatic nitrogens is 2. The third-order valence-electron chi connectivity index (χ3n) is 5.91. The second kappa shape index (κ2) is 7.16. The molecule has 2 heterocycles. The summed E-state index contributed by atoms with van der Waals surface area (Å²) in [5.41, 5.74) is 7.60. The number of aryl methyl sites for hydroxylation is 2. The van der Waals surface area contributed by atoms with Crippen molar-refractivity contribution in [2.24, 2.45) is 0 Å². The van der Waals surface area contributed by atoms with Gasteiger partial charge in [-0.25, -0.2) is 0 Å². The molecule has 0 atom stereocenters. The van der Waals surface area contributed by atoms with Crippen LogP contribution in [-0.2, 0) is 0 Å². The first kappa shape index (κ1) is 18.5. The van der Waals surface area contributed by atoms with E-state index in [1.165, 1.54) is 41.5 Å². The minimum atomic E-state index is 0.223. The number of nitrogens with zero attached hydrogens (tertiary/aromatic N) is 2. The Kier molecular flexibility index (Phi) is 4.27. The predicted octanol–water partition coefficient (Wildman–Crippen LogP) is 6.94. The van der Waals surface area contributed by atoms with Gasteiger partial charge < -0.3 is 0 Å². The zero-order chi connectivity index (χ0) is 20.9. The average molecular weight is 463 g/mol. The second-order valence-corrected chi connectivity index (χ2v) is 10.3. The number of hydrogen-bond donors (Lipinski definition) is 0. The van der Waals surface area contributed by atoms with E-state index in [0.29, 0.717) is 0 Å². The van der Waals surface area contributed by atoms with Crippen LogP contribution in [0.25, 0.3) is 52.8 Å². The molecule has 6 rings (SSSR count). The molecule has 6 aromatic rings. The molecule has 0 fully saturated rings. The van der Waals surface area contributed by atoms with E-state index in [1.807, 2.05) is 0 Å². The fourth-order valence-electron chi connectivity index (χ4n) is 4.37. The SMILES string of the molecule is Cc1cccc(C)c1-c1nc2cc3ccccc3cc2nc1-c1cc2ccccc2[se]1. The van der Waals surface area contributed by atoms with Crippen LogP contribution in [0.5, 0.6) is 0 Å². The van der Waals surface area contributed by atoms with E-state index < -0.39 is 0 Å². The van der Waals surface area contributed by atoms with Gasteiger partial charge in [0, 0.05) is 0 Å². The van der Waals surface area contributed by atoms with Crippen molar-refractivity contribution in [2.75, 3.05) is 0 Å². The Labute approximate surface area is 187 Å². The molecule has 0 aliphatic heterocycles. The summed E-state index contributed by atoms with van der Waals surface area (Å²) in [5.74, 6) is 0. The van der Waals surface area contributed by atoms with Crippen LogP contribution in [-0.4, -0.2) is 24.5 Å². The van der Waals surface area contributed by atoms with Crippen LogP contribution >= 0.6 is 0 Å². The molecule has 2 nitrogen and oxygen atoms in total. The molecule has 2 aromatic heterocycles. The predicted molar refractivity (Wildman–Crippen MR) is 132 cm³/mol. The first-order chi connectivity index (χ1) is 15.2. The first-order valence-corrected chi connectivity index (χ1v) is 12.1. The van der Waals surface area contributed by atoms with E-state index >= 15 is 0 Å². The zero-order valence-corrected chi connectivity index (χ0v) is 19.1. The molecule has 148 valence electrons. The number of hydrogen-bond acceptors (Lipinski definition) is 2. The molecule has 31 heavy (non-hydrogen) atoms. The monoisotopic (exact) mass is 464 g/mol. The van der Waals surface area contributed by atoms with Gasteiger partial charge in [-0.1, -0.05) is 0 Å². The summed E-state index contributed by atoms with van der Waals surface area (Å²) < 4.78 is 2.71.